The molecule has 24 heavy (non-hydrogen) atoms. The molecule has 2 N–H and O–H groups in total. The van der Waals surface area contributed by atoms with Crippen LogP contribution in [0.1, 0.15) is 11.1 Å². The predicted molar refractivity (Wildman–Crippen MR) is 91.8 cm³/mol. The highest BCUT2D eigenvalue weighted by atomic mass is 35.5. The molecule has 0 aliphatic rings. The minimum atomic E-state index is -0.533. The van der Waals surface area contributed by atoms with Crippen LogP contribution in [0, 0.1) is 24.1 Å². The highest BCUT2D eigenvalue weighted by Gasteiger charge is 2.11. The van der Waals surface area contributed by atoms with E-state index in [0.29, 0.717) is 17.3 Å². The maximum Gasteiger partial charge on any atom is 0.267 e. The lowest BCUT2D eigenvalue weighted by molar-refractivity contribution is -0.112. The van der Waals surface area contributed by atoms with Crippen LogP contribution in [-0.2, 0) is 11.3 Å². The van der Waals surface area contributed by atoms with Crippen molar-refractivity contribution in [1.82, 2.24) is 5.32 Å². The van der Waals surface area contributed by atoms with E-state index in [-0.39, 0.29) is 11.4 Å². The van der Waals surface area contributed by atoms with Crippen LogP contribution in [0.3, 0.4) is 0 Å². The molecule has 0 unspecified atom stereocenters. The summed E-state index contributed by atoms with van der Waals surface area (Å²) in [5.41, 5.74) is 2.14. The molecule has 0 heterocycles. The molecule has 0 saturated heterocycles. The van der Waals surface area contributed by atoms with Gasteiger partial charge in [-0.05, 0) is 42.3 Å². The first-order valence-electron chi connectivity index (χ1n) is 7.15. The Hall–Kier alpha value is -2.84. The second kappa shape index (κ2) is 8.14. The summed E-state index contributed by atoms with van der Waals surface area (Å²) < 4.78 is 12.8. The van der Waals surface area contributed by atoms with Gasteiger partial charge in [0.15, 0.2) is 0 Å². The van der Waals surface area contributed by atoms with Gasteiger partial charge in [-0.15, -0.1) is 0 Å². The van der Waals surface area contributed by atoms with Crippen LogP contribution in [0.2, 0.25) is 5.02 Å². The third kappa shape index (κ3) is 4.83. The Balaban J connectivity index is 2.01. The second-order valence-corrected chi connectivity index (χ2v) is 5.53. The van der Waals surface area contributed by atoms with Gasteiger partial charge in [-0.2, -0.15) is 5.26 Å². The summed E-state index contributed by atoms with van der Waals surface area (Å²) in [4.78, 5) is 12.2. The fraction of sp³-hybridized carbons (Fsp3) is 0.111. The van der Waals surface area contributed by atoms with E-state index in [1.165, 1.54) is 18.3 Å². The number of hydrogen-bond acceptors (Lipinski definition) is 3. The Morgan fingerprint density at radius 2 is 2.00 bits per heavy atom. The zero-order chi connectivity index (χ0) is 17.5. The zero-order valence-electron chi connectivity index (χ0n) is 12.9. The van der Waals surface area contributed by atoms with E-state index < -0.39 is 5.91 Å². The number of halogens is 2. The summed E-state index contributed by atoms with van der Waals surface area (Å²) >= 11 is 5.91. The van der Waals surface area contributed by atoms with E-state index in [9.17, 15) is 9.18 Å². The van der Waals surface area contributed by atoms with Crippen molar-refractivity contribution in [1.29, 1.82) is 5.26 Å². The lowest BCUT2D eigenvalue weighted by Gasteiger charge is -2.08. The Morgan fingerprint density at radius 3 is 2.67 bits per heavy atom. The first kappa shape index (κ1) is 17.5. The molecular formula is C18H15ClFN3O. The highest BCUT2D eigenvalue weighted by molar-refractivity contribution is 6.31. The first-order valence-corrected chi connectivity index (χ1v) is 7.53. The summed E-state index contributed by atoms with van der Waals surface area (Å²) in [6, 6.07) is 12.9. The maximum atomic E-state index is 12.8. The van der Waals surface area contributed by atoms with Gasteiger partial charge in [-0.3, -0.25) is 4.79 Å². The van der Waals surface area contributed by atoms with Gasteiger partial charge >= 0.3 is 0 Å². The van der Waals surface area contributed by atoms with E-state index in [1.54, 1.807) is 30.3 Å². The van der Waals surface area contributed by atoms with E-state index in [0.717, 1.165) is 11.1 Å². The Bertz CT molecular complexity index is 810. The molecule has 2 rings (SSSR count). The molecule has 0 spiro atoms. The normalized spacial score (nSPS) is 10.8. The number of amides is 1. The molecule has 0 radical (unpaired) electrons. The van der Waals surface area contributed by atoms with E-state index in [4.69, 9.17) is 16.9 Å². The molecule has 0 aromatic heterocycles. The van der Waals surface area contributed by atoms with Crippen LogP contribution in [0.25, 0.3) is 0 Å². The van der Waals surface area contributed by atoms with Crippen molar-refractivity contribution >= 4 is 23.2 Å². The Labute approximate surface area is 144 Å². The van der Waals surface area contributed by atoms with Crippen molar-refractivity contribution in [2.24, 2.45) is 0 Å². The maximum absolute atomic E-state index is 12.8. The molecule has 4 nitrogen and oxygen atoms in total. The fourth-order valence-corrected chi connectivity index (χ4v) is 2.11. The van der Waals surface area contributed by atoms with E-state index in [2.05, 4.69) is 10.6 Å². The smallest absolute Gasteiger partial charge is 0.267 e. The lowest BCUT2D eigenvalue weighted by Crippen LogP contribution is -2.17. The van der Waals surface area contributed by atoms with Gasteiger partial charge in [0.2, 0.25) is 0 Å². The number of nitriles is 1. The van der Waals surface area contributed by atoms with E-state index in [1.807, 2.05) is 13.0 Å². The number of aryl methyl sites for hydroxylation is 1. The molecule has 6 heteroatoms. The van der Waals surface area contributed by atoms with Crippen LogP contribution in [-0.4, -0.2) is 5.91 Å². The number of nitrogens with zero attached hydrogens (tertiary/aromatic N) is 1. The largest absolute Gasteiger partial charge is 0.386 e. The Morgan fingerprint density at radius 1 is 1.29 bits per heavy atom. The molecule has 0 saturated carbocycles. The second-order valence-electron chi connectivity index (χ2n) is 5.09. The number of hydrogen-bond donors (Lipinski definition) is 2. The number of rotatable bonds is 5. The van der Waals surface area contributed by atoms with Gasteiger partial charge in [0.1, 0.15) is 17.5 Å². The van der Waals surface area contributed by atoms with Crippen molar-refractivity contribution in [3.63, 3.8) is 0 Å². The number of benzene rings is 2. The van der Waals surface area contributed by atoms with Gasteiger partial charge < -0.3 is 10.6 Å². The average Bonchev–Trinajstić information content (AvgIpc) is 2.56. The average molecular weight is 344 g/mol. The number of carbonyl (C=O) groups excluding carboxylic acids is 1. The van der Waals surface area contributed by atoms with Crippen LogP contribution in [0.15, 0.2) is 54.2 Å². The molecule has 0 fully saturated rings. The van der Waals surface area contributed by atoms with E-state index >= 15 is 0 Å². The van der Waals surface area contributed by atoms with Crippen molar-refractivity contribution in [3.8, 4) is 6.07 Å². The fourth-order valence-electron chi connectivity index (χ4n) is 1.94. The van der Waals surface area contributed by atoms with Crippen molar-refractivity contribution in [2.45, 2.75) is 13.5 Å². The SMILES string of the molecule is Cc1ccc(Cl)cc1NC(=O)/C(C#N)=C\NCc1ccc(F)cc1. The number of anilines is 1. The van der Waals surface area contributed by atoms with Crippen LogP contribution in [0.4, 0.5) is 10.1 Å². The number of carbonyl (C=O) groups is 1. The van der Waals surface area contributed by atoms with Crippen molar-refractivity contribution in [3.05, 3.63) is 76.2 Å². The third-order valence-electron chi connectivity index (χ3n) is 3.28. The predicted octanol–water partition coefficient (Wildman–Crippen LogP) is 3.92. The highest BCUT2D eigenvalue weighted by Crippen LogP contribution is 2.20. The zero-order valence-corrected chi connectivity index (χ0v) is 13.7. The molecule has 0 aliphatic heterocycles. The third-order valence-corrected chi connectivity index (χ3v) is 3.51. The molecule has 0 aliphatic carbocycles. The van der Waals surface area contributed by atoms with Crippen LogP contribution in [0.5, 0.6) is 0 Å². The summed E-state index contributed by atoms with van der Waals surface area (Å²) in [6.07, 6.45) is 1.33. The van der Waals surface area contributed by atoms with Crippen molar-refractivity contribution < 1.29 is 9.18 Å². The van der Waals surface area contributed by atoms with Gasteiger partial charge in [-0.25, -0.2) is 4.39 Å². The summed E-state index contributed by atoms with van der Waals surface area (Å²) in [6.45, 7) is 2.20. The van der Waals surface area contributed by atoms with Crippen molar-refractivity contribution in [2.75, 3.05) is 5.32 Å². The van der Waals surface area contributed by atoms with Crippen LogP contribution < -0.4 is 10.6 Å². The summed E-state index contributed by atoms with van der Waals surface area (Å²) in [5, 5.41) is 15.2. The summed E-state index contributed by atoms with van der Waals surface area (Å²) in [5.74, 6) is -0.849. The molecule has 0 atom stereocenters. The molecule has 1 amide bonds. The quantitative estimate of drug-likeness (QED) is 0.638. The summed E-state index contributed by atoms with van der Waals surface area (Å²) in [7, 11) is 0. The minimum Gasteiger partial charge on any atom is -0.386 e. The topological polar surface area (TPSA) is 64.9 Å². The number of nitrogens with one attached hydrogen (secondary N) is 2. The van der Waals surface area contributed by atoms with Crippen LogP contribution >= 0.6 is 11.6 Å². The molecule has 2 aromatic rings. The first-order chi connectivity index (χ1) is 11.5. The molecular weight excluding hydrogens is 329 g/mol. The van der Waals surface area contributed by atoms with Gasteiger partial charge in [-0.1, -0.05) is 29.8 Å². The van der Waals surface area contributed by atoms with Gasteiger partial charge in [0.05, 0.1) is 0 Å². The Kier molecular flexibility index (Phi) is 5.94. The van der Waals surface area contributed by atoms with Gasteiger partial charge in [0.25, 0.3) is 5.91 Å². The standard InChI is InChI=1S/C18H15ClFN3O/c1-12-2-5-15(19)8-17(12)23-18(24)14(9-21)11-22-10-13-3-6-16(20)7-4-13/h2-8,11,22H,10H2,1H3,(H,23,24)/b14-11-. The molecule has 2 aromatic carbocycles. The molecule has 0 bridgehead atoms. The lowest BCUT2D eigenvalue weighted by atomic mass is 10.2. The minimum absolute atomic E-state index is 0.0727. The molecule has 122 valence electrons. The van der Waals surface area contributed by atoms with Gasteiger partial charge in [0, 0.05) is 23.5 Å². The monoisotopic (exact) mass is 343 g/mol.